The zero-order chi connectivity index (χ0) is 20.3. The van der Waals surface area contributed by atoms with Crippen LogP contribution in [0.5, 0.6) is 0 Å². The molecular weight excluding hydrogens is 378 g/mol. The van der Waals surface area contributed by atoms with E-state index in [9.17, 15) is 13.2 Å². The van der Waals surface area contributed by atoms with Crippen LogP contribution in [-0.2, 0) is 17.1 Å². The molecular formula is C19H27N5O3S. The Balaban J connectivity index is 1.86. The van der Waals surface area contributed by atoms with Gasteiger partial charge in [-0.1, -0.05) is 13.8 Å². The largest absolute Gasteiger partial charge is 0.355 e. The van der Waals surface area contributed by atoms with Crippen molar-refractivity contribution in [2.24, 2.45) is 7.05 Å². The number of nitrogens with zero attached hydrogens (tertiary/aromatic N) is 4. The molecule has 0 aliphatic carbocycles. The summed E-state index contributed by atoms with van der Waals surface area (Å²) in [7, 11) is -1.95. The van der Waals surface area contributed by atoms with Crippen LogP contribution in [0, 0.1) is 0 Å². The van der Waals surface area contributed by atoms with Crippen LogP contribution in [0.2, 0.25) is 0 Å². The molecule has 1 fully saturated rings. The molecule has 1 N–H and O–H groups in total. The Morgan fingerprint density at radius 1 is 1.25 bits per heavy atom. The van der Waals surface area contributed by atoms with Crippen molar-refractivity contribution in [3.63, 3.8) is 0 Å². The standard InChI is InChI=1S/C19H27N5O3S/c1-4-24(5-2)28(26,27)15-13-17(22(3)14-15)19(25)21-16-9-8-10-20-18(16)23-11-6-7-12-23/h8-10,13-14H,4-7,11-12H2,1-3H3,(H,21,25). The summed E-state index contributed by atoms with van der Waals surface area (Å²) in [5.41, 5.74) is 0.908. The fourth-order valence-electron chi connectivity index (χ4n) is 3.48. The maximum absolute atomic E-state index is 12.9. The Bertz CT molecular complexity index is 944. The van der Waals surface area contributed by atoms with Crippen LogP contribution < -0.4 is 10.2 Å². The Morgan fingerprint density at radius 2 is 1.93 bits per heavy atom. The first-order valence-corrected chi connectivity index (χ1v) is 11.0. The zero-order valence-electron chi connectivity index (χ0n) is 16.6. The van der Waals surface area contributed by atoms with E-state index in [0.717, 1.165) is 31.7 Å². The maximum Gasteiger partial charge on any atom is 0.272 e. The summed E-state index contributed by atoms with van der Waals surface area (Å²) < 4.78 is 28.4. The molecule has 0 radical (unpaired) electrons. The Kier molecular flexibility index (Phi) is 6.04. The second-order valence-electron chi connectivity index (χ2n) is 6.78. The minimum absolute atomic E-state index is 0.120. The predicted molar refractivity (Wildman–Crippen MR) is 109 cm³/mol. The van der Waals surface area contributed by atoms with Crippen molar-refractivity contribution in [3.05, 3.63) is 36.3 Å². The molecule has 2 aromatic heterocycles. The molecule has 1 aliphatic rings. The van der Waals surface area contributed by atoms with Gasteiger partial charge in [0.25, 0.3) is 5.91 Å². The van der Waals surface area contributed by atoms with Crippen LogP contribution >= 0.6 is 0 Å². The Morgan fingerprint density at radius 3 is 2.57 bits per heavy atom. The van der Waals surface area contributed by atoms with Crippen LogP contribution in [-0.4, -0.2) is 54.4 Å². The van der Waals surface area contributed by atoms with Crippen molar-refractivity contribution in [1.82, 2.24) is 13.9 Å². The highest BCUT2D eigenvalue weighted by atomic mass is 32.2. The molecule has 0 spiro atoms. The topological polar surface area (TPSA) is 87.5 Å². The summed E-state index contributed by atoms with van der Waals surface area (Å²) in [6.45, 7) is 6.17. The van der Waals surface area contributed by atoms with Crippen molar-refractivity contribution < 1.29 is 13.2 Å². The van der Waals surface area contributed by atoms with Crippen LogP contribution in [0.1, 0.15) is 37.2 Å². The lowest BCUT2D eigenvalue weighted by Crippen LogP contribution is -2.30. The first-order chi connectivity index (χ1) is 13.4. The highest BCUT2D eigenvalue weighted by molar-refractivity contribution is 7.89. The number of aromatic nitrogens is 2. The molecule has 8 nitrogen and oxygen atoms in total. The lowest BCUT2D eigenvalue weighted by Gasteiger charge is -2.20. The van der Waals surface area contributed by atoms with Crippen molar-refractivity contribution in [1.29, 1.82) is 0 Å². The first-order valence-electron chi connectivity index (χ1n) is 9.56. The lowest BCUT2D eigenvalue weighted by atomic mass is 10.3. The second-order valence-corrected chi connectivity index (χ2v) is 8.72. The number of aryl methyl sites for hydroxylation is 1. The zero-order valence-corrected chi connectivity index (χ0v) is 17.4. The van der Waals surface area contributed by atoms with Gasteiger partial charge in [-0.25, -0.2) is 13.4 Å². The third-order valence-corrected chi connectivity index (χ3v) is 7.01. The molecule has 3 heterocycles. The van der Waals surface area contributed by atoms with Gasteiger partial charge >= 0.3 is 0 Å². The normalized spacial score (nSPS) is 14.6. The average molecular weight is 406 g/mol. The number of hydrogen-bond acceptors (Lipinski definition) is 5. The molecule has 1 saturated heterocycles. The van der Waals surface area contributed by atoms with Crippen LogP contribution in [0.25, 0.3) is 0 Å². The van der Waals surface area contributed by atoms with E-state index in [1.165, 1.54) is 21.1 Å². The van der Waals surface area contributed by atoms with Crippen LogP contribution in [0.4, 0.5) is 11.5 Å². The van der Waals surface area contributed by atoms with Gasteiger partial charge in [0, 0.05) is 45.6 Å². The summed E-state index contributed by atoms with van der Waals surface area (Å²) in [6.07, 6.45) is 5.40. The summed E-state index contributed by atoms with van der Waals surface area (Å²) >= 11 is 0. The third-order valence-electron chi connectivity index (χ3n) is 5.00. The number of amides is 1. The van der Waals surface area contributed by atoms with E-state index in [1.54, 1.807) is 33.2 Å². The minimum atomic E-state index is -3.62. The molecule has 0 saturated carbocycles. The smallest absolute Gasteiger partial charge is 0.272 e. The monoisotopic (exact) mass is 405 g/mol. The molecule has 28 heavy (non-hydrogen) atoms. The summed E-state index contributed by atoms with van der Waals surface area (Å²) in [6, 6.07) is 5.01. The molecule has 0 atom stereocenters. The summed E-state index contributed by atoms with van der Waals surface area (Å²) in [5.74, 6) is 0.385. The number of carbonyl (C=O) groups excluding carboxylic acids is 1. The van der Waals surface area contributed by atoms with Crippen LogP contribution in [0.15, 0.2) is 35.5 Å². The fraction of sp³-hybridized carbons (Fsp3) is 0.474. The van der Waals surface area contributed by atoms with Gasteiger partial charge in [0.05, 0.1) is 5.69 Å². The first kappa shape index (κ1) is 20.3. The van der Waals surface area contributed by atoms with E-state index < -0.39 is 10.0 Å². The molecule has 2 aromatic rings. The molecule has 152 valence electrons. The van der Waals surface area contributed by atoms with E-state index in [0.29, 0.717) is 18.8 Å². The molecule has 0 unspecified atom stereocenters. The lowest BCUT2D eigenvalue weighted by molar-refractivity contribution is 0.101. The third kappa shape index (κ3) is 3.90. The van der Waals surface area contributed by atoms with E-state index in [-0.39, 0.29) is 16.5 Å². The molecule has 9 heteroatoms. The second kappa shape index (κ2) is 8.32. The average Bonchev–Trinajstić information content (AvgIpc) is 3.33. The maximum atomic E-state index is 12.9. The highest BCUT2D eigenvalue weighted by Gasteiger charge is 2.26. The van der Waals surface area contributed by atoms with Gasteiger partial charge in [-0.3, -0.25) is 4.79 Å². The molecule has 0 bridgehead atoms. The van der Waals surface area contributed by atoms with E-state index in [2.05, 4.69) is 15.2 Å². The van der Waals surface area contributed by atoms with E-state index in [4.69, 9.17) is 0 Å². The molecule has 3 rings (SSSR count). The Hall–Kier alpha value is -2.39. The number of anilines is 2. The van der Waals surface area contributed by atoms with Gasteiger partial charge in [-0.2, -0.15) is 4.31 Å². The highest BCUT2D eigenvalue weighted by Crippen LogP contribution is 2.27. The van der Waals surface area contributed by atoms with Crippen molar-refractivity contribution >= 4 is 27.4 Å². The van der Waals surface area contributed by atoms with Gasteiger partial charge in [0.15, 0.2) is 5.82 Å². The minimum Gasteiger partial charge on any atom is -0.355 e. The Labute approximate surface area is 166 Å². The molecule has 1 aliphatic heterocycles. The van der Waals surface area contributed by atoms with Crippen molar-refractivity contribution in [3.8, 4) is 0 Å². The van der Waals surface area contributed by atoms with Crippen LogP contribution in [0.3, 0.4) is 0 Å². The number of sulfonamides is 1. The molecule has 1 amide bonds. The van der Waals surface area contributed by atoms with E-state index in [1.807, 2.05) is 6.07 Å². The van der Waals surface area contributed by atoms with Crippen molar-refractivity contribution in [2.45, 2.75) is 31.6 Å². The van der Waals surface area contributed by atoms with Gasteiger partial charge < -0.3 is 14.8 Å². The number of nitrogens with one attached hydrogen (secondary N) is 1. The van der Waals surface area contributed by atoms with Gasteiger partial charge in [-0.15, -0.1) is 0 Å². The number of hydrogen-bond donors (Lipinski definition) is 1. The van der Waals surface area contributed by atoms with Gasteiger partial charge in [0.2, 0.25) is 10.0 Å². The summed E-state index contributed by atoms with van der Waals surface area (Å²) in [5, 5.41) is 2.89. The van der Waals surface area contributed by atoms with Gasteiger partial charge in [-0.05, 0) is 31.0 Å². The fourth-order valence-corrected chi connectivity index (χ4v) is 5.01. The number of rotatable bonds is 7. The number of pyridine rings is 1. The van der Waals surface area contributed by atoms with Gasteiger partial charge in [0.1, 0.15) is 10.6 Å². The quantitative estimate of drug-likeness (QED) is 0.764. The number of carbonyl (C=O) groups is 1. The summed E-state index contributed by atoms with van der Waals surface area (Å²) in [4.78, 5) is 19.6. The van der Waals surface area contributed by atoms with Crippen molar-refractivity contribution in [2.75, 3.05) is 36.4 Å². The molecule has 0 aromatic carbocycles. The SMILES string of the molecule is CCN(CC)S(=O)(=O)c1cc(C(=O)Nc2cccnc2N2CCCC2)n(C)c1. The van der Waals surface area contributed by atoms with E-state index >= 15 is 0 Å². The predicted octanol–water partition coefficient (Wildman–Crippen LogP) is 2.30.